The number of amides is 2. The van der Waals surface area contributed by atoms with Crippen LogP contribution >= 0.6 is 0 Å². The van der Waals surface area contributed by atoms with Crippen LogP contribution in [0.1, 0.15) is 5.56 Å². The van der Waals surface area contributed by atoms with Gasteiger partial charge in [0.25, 0.3) is 0 Å². The van der Waals surface area contributed by atoms with Crippen LogP contribution in [-0.4, -0.2) is 44.7 Å². The number of hydrogen-bond donors (Lipinski definition) is 2. The van der Waals surface area contributed by atoms with Crippen LogP contribution < -0.4 is 10.6 Å². The van der Waals surface area contributed by atoms with E-state index in [1.54, 1.807) is 12.1 Å². The highest BCUT2D eigenvalue weighted by atomic mass is 19.1. The third kappa shape index (κ3) is 6.20. The zero-order valence-electron chi connectivity index (χ0n) is 10.9. The number of carbonyl (C=O) groups excluding carboxylic acids is 1. The first-order valence-corrected chi connectivity index (χ1v) is 5.99. The van der Waals surface area contributed by atoms with Crippen LogP contribution in [0.4, 0.5) is 9.18 Å². The van der Waals surface area contributed by atoms with Gasteiger partial charge in [-0.2, -0.15) is 0 Å². The Kier molecular flexibility index (Phi) is 6.14. The summed E-state index contributed by atoms with van der Waals surface area (Å²) in [5.74, 6) is -0.242. The molecule has 0 aliphatic carbocycles. The van der Waals surface area contributed by atoms with Crippen LogP contribution in [0.5, 0.6) is 0 Å². The number of halogens is 1. The Bertz CT molecular complexity index is 365. The first kappa shape index (κ1) is 14.4. The number of nitrogens with zero attached hydrogens (tertiary/aromatic N) is 1. The number of nitrogens with one attached hydrogen (secondary N) is 2. The van der Waals surface area contributed by atoms with Gasteiger partial charge in [0.2, 0.25) is 0 Å². The van der Waals surface area contributed by atoms with Crippen molar-refractivity contribution < 1.29 is 9.18 Å². The predicted molar refractivity (Wildman–Crippen MR) is 70.1 cm³/mol. The molecule has 5 heteroatoms. The van der Waals surface area contributed by atoms with E-state index in [1.807, 2.05) is 19.0 Å². The highest BCUT2D eigenvalue weighted by molar-refractivity contribution is 5.73. The smallest absolute Gasteiger partial charge is 0.314 e. The number of urea groups is 1. The van der Waals surface area contributed by atoms with Gasteiger partial charge in [-0.1, -0.05) is 12.1 Å². The van der Waals surface area contributed by atoms with Crippen LogP contribution in [0.25, 0.3) is 0 Å². The van der Waals surface area contributed by atoms with Crippen molar-refractivity contribution in [2.45, 2.75) is 6.42 Å². The van der Waals surface area contributed by atoms with Gasteiger partial charge in [-0.15, -0.1) is 0 Å². The first-order valence-electron chi connectivity index (χ1n) is 5.99. The summed E-state index contributed by atoms with van der Waals surface area (Å²) < 4.78 is 12.7. The van der Waals surface area contributed by atoms with Gasteiger partial charge in [0.15, 0.2) is 0 Å². The minimum Gasteiger partial charge on any atom is -0.338 e. The normalized spacial score (nSPS) is 10.4. The molecule has 0 aromatic heterocycles. The van der Waals surface area contributed by atoms with Crippen molar-refractivity contribution in [1.82, 2.24) is 15.5 Å². The van der Waals surface area contributed by atoms with Gasteiger partial charge >= 0.3 is 6.03 Å². The molecule has 0 aliphatic rings. The molecule has 4 nitrogen and oxygen atoms in total. The van der Waals surface area contributed by atoms with Crippen molar-refractivity contribution >= 4 is 6.03 Å². The molecule has 18 heavy (non-hydrogen) atoms. The lowest BCUT2D eigenvalue weighted by Crippen LogP contribution is -2.39. The second kappa shape index (κ2) is 7.66. The van der Waals surface area contributed by atoms with E-state index in [2.05, 4.69) is 10.6 Å². The fourth-order valence-electron chi connectivity index (χ4n) is 1.43. The molecule has 0 atom stereocenters. The van der Waals surface area contributed by atoms with Crippen molar-refractivity contribution in [3.05, 3.63) is 35.6 Å². The average molecular weight is 253 g/mol. The van der Waals surface area contributed by atoms with Gasteiger partial charge in [0.1, 0.15) is 5.82 Å². The number of carbonyl (C=O) groups is 1. The number of benzene rings is 1. The Hall–Kier alpha value is -1.62. The van der Waals surface area contributed by atoms with Crippen molar-refractivity contribution in [3.8, 4) is 0 Å². The largest absolute Gasteiger partial charge is 0.338 e. The lowest BCUT2D eigenvalue weighted by atomic mass is 10.1. The van der Waals surface area contributed by atoms with Crippen molar-refractivity contribution in [3.63, 3.8) is 0 Å². The highest BCUT2D eigenvalue weighted by Crippen LogP contribution is 2.02. The molecule has 100 valence electrons. The summed E-state index contributed by atoms with van der Waals surface area (Å²) in [5, 5.41) is 5.51. The minimum absolute atomic E-state index is 0.168. The predicted octanol–water partition coefficient (Wildman–Crippen LogP) is 1.23. The summed E-state index contributed by atoms with van der Waals surface area (Å²) >= 11 is 0. The molecule has 0 aliphatic heterocycles. The fourth-order valence-corrected chi connectivity index (χ4v) is 1.43. The van der Waals surface area contributed by atoms with Crippen molar-refractivity contribution in [1.29, 1.82) is 0 Å². The number of likely N-dealkylation sites (N-methyl/N-ethyl adjacent to an activating group) is 1. The first-order chi connectivity index (χ1) is 8.58. The van der Waals surface area contributed by atoms with Crippen LogP contribution in [-0.2, 0) is 6.42 Å². The third-order valence-electron chi connectivity index (χ3n) is 2.46. The van der Waals surface area contributed by atoms with E-state index in [4.69, 9.17) is 0 Å². The van der Waals surface area contributed by atoms with E-state index in [0.717, 1.165) is 12.1 Å². The van der Waals surface area contributed by atoms with Gasteiger partial charge < -0.3 is 15.5 Å². The molecule has 0 saturated heterocycles. The zero-order valence-corrected chi connectivity index (χ0v) is 10.9. The van der Waals surface area contributed by atoms with E-state index in [0.29, 0.717) is 19.5 Å². The van der Waals surface area contributed by atoms with Crippen LogP contribution in [0.15, 0.2) is 24.3 Å². The van der Waals surface area contributed by atoms with E-state index in [9.17, 15) is 9.18 Å². The Morgan fingerprint density at radius 3 is 2.39 bits per heavy atom. The maximum atomic E-state index is 12.7. The lowest BCUT2D eigenvalue weighted by molar-refractivity contribution is 0.239. The van der Waals surface area contributed by atoms with E-state index in [-0.39, 0.29) is 11.8 Å². The van der Waals surface area contributed by atoms with Gasteiger partial charge in [-0.25, -0.2) is 9.18 Å². The maximum absolute atomic E-state index is 12.7. The van der Waals surface area contributed by atoms with E-state index in [1.165, 1.54) is 12.1 Å². The SMILES string of the molecule is CN(C)CCNC(=O)NCCc1ccc(F)cc1. The lowest BCUT2D eigenvalue weighted by Gasteiger charge is -2.11. The minimum atomic E-state index is -0.242. The molecule has 0 heterocycles. The van der Waals surface area contributed by atoms with Gasteiger partial charge in [0, 0.05) is 19.6 Å². The molecule has 0 spiro atoms. The van der Waals surface area contributed by atoms with E-state index >= 15 is 0 Å². The summed E-state index contributed by atoms with van der Waals surface area (Å²) in [4.78, 5) is 13.4. The zero-order chi connectivity index (χ0) is 13.4. The van der Waals surface area contributed by atoms with Gasteiger partial charge in [-0.05, 0) is 38.2 Å². The summed E-state index contributed by atoms with van der Waals surface area (Å²) in [7, 11) is 3.90. The summed E-state index contributed by atoms with van der Waals surface area (Å²) in [6.07, 6.45) is 0.696. The average Bonchev–Trinajstić information content (AvgIpc) is 2.31. The number of rotatable bonds is 6. The molecule has 1 rings (SSSR count). The molecule has 0 bridgehead atoms. The Morgan fingerprint density at radius 2 is 1.78 bits per heavy atom. The van der Waals surface area contributed by atoms with E-state index < -0.39 is 0 Å². The Balaban J connectivity index is 2.13. The molecule has 1 aromatic carbocycles. The molecule has 0 radical (unpaired) electrons. The van der Waals surface area contributed by atoms with Crippen LogP contribution in [0.2, 0.25) is 0 Å². The summed E-state index contributed by atoms with van der Waals surface area (Å²) in [6, 6.07) is 6.12. The summed E-state index contributed by atoms with van der Waals surface area (Å²) in [5.41, 5.74) is 1.00. The Labute approximate surface area is 107 Å². The molecule has 2 amide bonds. The quantitative estimate of drug-likeness (QED) is 0.801. The molecule has 0 fully saturated rings. The standard InChI is InChI=1S/C13H20FN3O/c1-17(2)10-9-16-13(18)15-8-7-11-3-5-12(14)6-4-11/h3-6H,7-10H2,1-2H3,(H2,15,16,18). The van der Waals surface area contributed by atoms with Crippen LogP contribution in [0, 0.1) is 5.82 Å². The van der Waals surface area contributed by atoms with Crippen molar-refractivity contribution in [2.75, 3.05) is 33.7 Å². The molecule has 2 N–H and O–H groups in total. The molecule has 0 saturated carbocycles. The Morgan fingerprint density at radius 1 is 1.17 bits per heavy atom. The number of hydrogen-bond acceptors (Lipinski definition) is 2. The van der Waals surface area contributed by atoms with Gasteiger partial charge in [0.05, 0.1) is 0 Å². The summed E-state index contributed by atoms with van der Waals surface area (Å²) in [6.45, 7) is 1.97. The molecule has 0 unspecified atom stereocenters. The maximum Gasteiger partial charge on any atom is 0.314 e. The highest BCUT2D eigenvalue weighted by Gasteiger charge is 2.00. The fraction of sp³-hybridized carbons (Fsp3) is 0.462. The van der Waals surface area contributed by atoms with Crippen molar-refractivity contribution in [2.24, 2.45) is 0 Å². The monoisotopic (exact) mass is 253 g/mol. The topological polar surface area (TPSA) is 44.4 Å². The molecule has 1 aromatic rings. The second-order valence-corrected chi connectivity index (χ2v) is 4.36. The molecular weight excluding hydrogens is 233 g/mol. The third-order valence-corrected chi connectivity index (χ3v) is 2.46. The van der Waals surface area contributed by atoms with Crippen LogP contribution in [0.3, 0.4) is 0 Å². The molecular formula is C13H20FN3O. The van der Waals surface area contributed by atoms with Gasteiger partial charge in [-0.3, -0.25) is 0 Å². The second-order valence-electron chi connectivity index (χ2n) is 4.36.